The van der Waals surface area contributed by atoms with Gasteiger partial charge in [0.25, 0.3) is 0 Å². The summed E-state index contributed by atoms with van der Waals surface area (Å²) in [5.41, 5.74) is 8.92. The van der Waals surface area contributed by atoms with Crippen LogP contribution in [0.3, 0.4) is 0 Å². The van der Waals surface area contributed by atoms with Crippen molar-refractivity contribution in [1.82, 2.24) is 9.97 Å². The molecule has 2 N–H and O–H groups in total. The van der Waals surface area contributed by atoms with Crippen LogP contribution in [0.15, 0.2) is 73.1 Å². The third-order valence-electron chi connectivity index (χ3n) is 4.68. The van der Waals surface area contributed by atoms with Gasteiger partial charge in [0.1, 0.15) is 17.8 Å². The standard InChI is InChI=1S/C23H21N3O3/c1-27-20-12-18-19(13-21(20)28-2)25-14-26-23(18)22(24)15-8-10-17(11-9-15)29-16-6-4-3-5-7-16/h3-14,22H,24H2,1-2H3/t22-/m0/s1. The van der Waals surface area contributed by atoms with Gasteiger partial charge in [-0.1, -0.05) is 30.3 Å². The summed E-state index contributed by atoms with van der Waals surface area (Å²) in [5.74, 6) is 2.74. The minimum Gasteiger partial charge on any atom is -0.493 e. The molecule has 1 aromatic heterocycles. The number of fused-ring (bicyclic) bond motifs is 1. The number of para-hydroxylation sites is 1. The van der Waals surface area contributed by atoms with Crippen molar-refractivity contribution >= 4 is 10.9 Å². The van der Waals surface area contributed by atoms with E-state index in [-0.39, 0.29) is 0 Å². The molecule has 29 heavy (non-hydrogen) atoms. The molecule has 146 valence electrons. The molecule has 0 saturated heterocycles. The highest BCUT2D eigenvalue weighted by molar-refractivity contribution is 5.85. The van der Waals surface area contributed by atoms with Crippen molar-refractivity contribution in [2.45, 2.75) is 6.04 Å². The van der Waals surface area contributed by atoms with Crippen molar-refractivity contribution < 1.29 is 14.2 Å². The van der Waals surface area contributed by atoms with Gasteiger partial charge in [-0.25, -0.2) is 9.97 Å². The summed E-state index contributed by atoms with van der Waals surface area (Å²) in [7, 11) is 3.19. The third kappa shape index (κ3) is 3.83. The molecule has 0 unspecified atom stereocenters. The fourth-order valence-electron chi connectivity index (χ4n) is 3.18. The third-order valence-corrected chi connectivity index (χ3v) is 4.68. The summed E-state index contributed by atoms with van der Waals surface area (Å²) in [6.45, 7) is 0. The Morgan fingerprint density at radius 2 is 1.45 bits per heavy atom. The second kappa shape index (κ2) is 8.16. The van der Waals surface area contributed by atoms with Crippen LogP contribution in [0.2, 0.25) is 0 Å². The molecule has 0 aliphatic rings. The molecule has 1 heterocycles. The van der Waals surface area contributed by atoms with E-state index in [0.717, 1.165) is 28.0 Å². The number of rotatable bonds is 6. The van der Waals surface area contributed by atoms with E-state index >= 15 is 0 Å². The van der Waals surface area contributed by atoms with E-state index < -0.39 is 6.04 Å². The Bertz CT molecular complexity index is 1120. The molecule has 4 aromatic rings. The molecule has 4 rings (SSSR count). The molecule has 0 radical (unpaired) electrons. The highest BCUT2D eigenvalue weighted by Crippen LogP contribution is 2.34. The van der Waals surface area contributed by atoms with Gasteiger partial charge in [-0.2, -0.15) is 0 Å². The average Bonchev–Trinajstić information content (AvgIpc) is 2.78. The van der Waals surface area contributed by atoms with Gasteiger partial charge in [0, 0.05) is 11.5 Å². The molecule has 6 heteroatoms. The van der Waals surface area contributed by atoms with E-state index in [1.165, 1.54) is 6.33 Å². The Balaban J connectivity index is 1.65. The number of nitrogens with two attached hydrogens (primary N) is 1. The van der Waals surface area contributed by atoms with Crippen molar-refractivity contribution in [3.05, 3.63) is 84.3 Å². The SMILES string of the molecule is COc1cc2ncnc([C@@H](N)c3ccc(Oc4ccccc4)cc3)c2cc1OC. The predicted octanol–water partition coefficient (Wildman–Crippen LogP) is 4.49. The Hall–Kier alpha value is -3.64. The molecule has 1 atom stereocenters. The monoisotopic (exact) mass is 387 g/mol. The first kappa shape index (κ1) is 18.7. The lowest BCUT2D eigenvalue weighted by Crippen LogP contribution is -2.14. The van der Waals surface area contributed by atoms with Crippen molar-refractivity contribution in [3.63, 3.8) is 0 Å². The Morgan fingerprint density at radius 1 is 0.793 bits per heavy atom. The lowest BCUT2D eigenvalue weighted by molar-refractivity contribution is 0.355. The highest BCUT2D eigenvalue weighted by atomic mass is 16.5. The van der Waals surface area contributed by atoms with Crippen LogP contribution in [0.4, 0.5) is 0 Å². The van der Waals surface area contributed by atoms with Crippen molar-refractivity contribution in [1.29, 1.82) is 0 Å². The minimum absolute atomic E-state index is 0.427. The van der Waals surface area contributed by atoms with Crippen LogP contribution >= 0.6 is 0 Å². The number of hydrogen-bond donors (Lipinski definition) is 1. The Morgan fingerprint density at radius 3 is 2.14 bits per heavy atom. The fraction of sp³-hybridized carbons (Fsp3) is 0.130. The van der Waals surface area contributed by atoms with E-state index in [9.17, 15) is 0 Å². The zero-order valence-electron chi connectivity index (χ0n) is 16.2. The quantitative estimate of drug-likeness (QED) is 0.525. The summed E-state index contributed by atoms with van der Waals surface area (Å²) < 4.78 is 16.6. The number of benzene rings is 3. The molecular formula is C23H21N3O3. The van der Waals surface area contributed by atoms with Crippen molar-refractivity contribution in [3.8, 4) is 23.0 Å². The number of aromatic nitrogens is 2. The summed E-state index contributed by atoms with van der Waals surface area (Å²) in [4.78, 5) is 8.78. The van der Waals surface area contributed by atoms with E-state index in [2.05, 4.69) is 9.97 Å². The Labute approximate surface area is 168 Å². The van der Waals surface area contributed by atoms with Gasteiger partial charge in [-0.05, 0) is 35.9 Å². The second-order valence-electron chi connectivity index (χ2n) is 6.45. The maximum absolute atomic E-state index is 6.54. The number of methoxy groups -OCH3 is 2. The average molecular weight is 387 g/mol. The molecular weight excluding hydrogens is 366 g/mol. The van der Waals surface area contributed by atoms with Crippen LogP contribution in [-0.4, -0.2) is 24.2 Å². The first-order chi connectivity index (χ1) is 14.2. The normalized spacial score (nSPS) is 11.8. The number of ether oxygens (including phenoxy) is 3. The fourth-order valence-corrected chi connectivity index (χ4v) is 3.18. The molecule has 3 aromatic carbocycles. The second-order valence-corrected chi connectivity index (χ2v) is 6.45. The molecule has 0 aliphatic carbocycles. The van der Waals surface area contributed by atoms with E-state index in [1.807, 2.05) is 66.7 Å². The number of hydrogen-bond acceptors (Lipinski definition) is 6. The van der Waals surface area contributed by atoms with Crippen LogP contribution < -0.4 is 19.9 Å². The molecule has 0 fully saturated rings. The van der Waals surface area contributed by atoms with Gasteiger partial charge in [0.15, 0.2) is 11.5 Å². The van der Waals surface area contributed by atoms with Crippen LogP contribution in [0, 0.1) is 0 Å². The summed E-state index contributed by atoms with van der Waals surface area (Å²) in [5, 5.41) is 0.822. The number of nitrogens with zero attached hydrogens (tertiary/aromatic N) is 2. The molecule has 0 bridgehead atoms. The summed E-state index contributed by atoms with van der Waals surface area (Å²) >= 11 is 0. The van der Waals surface area contributed by atoms with Gasteiger partial charge in [0.2, 0.25) is 0 Å². The van der Waals surface area contributed by atoms with Gasteiger partial charge in [-0.3, -0.25) is 0 Å². The lowest BCUT2D eigenvalue weighted by Gasteiger charge is -2.16. The predicted molar refractivity (Wildman–Crippen MR) is 112 cm³/mol. The molecule has 6 nitrogen and oxygen atoms in total. The van der Waals surface area contributed by atoms with Crippen molar-refractivity contribution in [2.75, 3.05) is 14.2 Å². The zero-order chi connectivity index (χ0) is 20.2. The van der Waals surface area contributed by atoms with E-state index in [4.69, 9.17) is 19.9 Å². The van der Waals surface area contributed by atoms with Gasteiger partial charge >= 0.3 is 0 Å². The van der Waals surface area contributed by atoms with Crippen molar-refractivity contribution in [2.24, 2.45) is 5.73 Å². The molecule has 0 spiro atoms. The zero-order valence-corrected chi connectivity index (χ0v) is 16.2. The van der Waals surface area contributed by atoms with E-state index in [0.29, 0.717) is 17.2 Å². The Kier molecular flexibility index (Phi) is 5.27. The van der Waals surface area contributed by atoms with Crippen LogP contribution in [-0.2, 0) is 0 Å². The first-order valence-corrected chi connectivity index (χ1v) is 9.14. The molecule has 0 saturated carbocycles. The summed E-state index contributed by atoms with van der Waals surface area (Å²) in [6.07, 6.45) is 1.51. The maximum atomic E-state index is 6.54. The lowest BCUT2D eigenvalue weighted by atomic mass is 10.0. The topological polar surface area (TPSA) is 79.5 Å². The largest absolute Gasteiger partial charge is 0.493 e. The summed E-state index contributed by atoms with van der Waals surface area (Å²) in [6, 6.07) is 20.6. The maximum Gasteiger partial charge on any atom is 0.162 e. The van der Waals surface area contributed by atoms with Crippen LogP contribution in [0.1, 0.15) is 17.3 Å². The minimum atomic E-state index is -0.427. The van der Waals surface area contributed by atoms with Crippen LogP contribution in [0.5, 0.6) is 23.0 Å². The highest BCUT2D eigenvalue weighted by Gasteiger charge is 2.17. The van der Waals surface area contributed by atoms with Gasteiger partial charge in [-0.15, -0.1) is 0 Å². The van der Waals surface area contributed by atoms with Gasteiger partial charge in [0.05, 0.1) is 31.5 Å². The molecule has 0 aliphatic heterocycles. The van der Waals surface area contributed by atoms with Gasteiger partial charge < -0.3 is 19.9 Å². The van der Waals surface area contributed by atoms with Crippen LogP contribution in [0.25, 0.3) is 10.9 Å². The first-order valence-electron chi connectivity index (χ1n) is 9.14. The van der Waals surface area contributed by atoms with E-state index in [1.54, 1.807) is 14.2 Å². The smallest absolute Gasteiger partial charge is 0.162 e. The molecule has 0 amide bonds.